The summed E-state index contributed by atoms with van der Waals surface area (Å²) in [5.74, 6) is 1.02. The summed E-state index contributed by atoms with van der Waals surface area (Å²) in [7, 11) is 0. The number of aromatic nitrogens is 3. The fraction of sp³-hybridized carbons (Fsp3) is 0.500. The van der Waals surface area contributed by atoms with Crippen LogP contribution < -0.4 is 4.90 Å². The van der Waals surface area contributed by atoms with E-state index in [2.05, 4.69) is 20.0 Å². The Hall–Kier alpha value is -2.44. The number of likely N-dealkylation sites (tertiary alicyclic amines) is 1. The Morgan fingerprint density at radius 1 is 1.22 bits per heavy atom. The predicted molar refractivity (Wildman–Crippen MR) is 83.2 cm³/mol. The van der Waals surface area contributed by atoms with Crippen molar-refractivity contribution in [3.63, 3.8) is 0 Å². The van der Waals surface area contributed by atoms with Crippen LogP contribution in [0.25, 0.3) is 0 Å². The number of piperazine rings is 1. The molecule has 2 bridgehead atoms. The van der Waals surface area contributed by atoms with E-state index in [0.717, 1.165) is 30.2 Å². The number of hydrogen-bond acceptors (Lipinski definition) is 6. The molecule has 2 aromatic rings. The molecule has 7 heteroatoms. The second kappa shape index (κ2) is 5.33. The zero-order valence-electron chi connectivity index (χ0n) is 13.3. The van der Waals surface area contributed by atoms with Crippen molar-refractivity contribution in [2.75, 3.05) is 18.0 Å². The molecule has 2 aromatic heterocycles. The molecule has 0 spiro atoms. The van der Waals surface area contributed by atoms with Crippen molar-refractivity contribution in [1.29, 1.82) is 0 Å². The minimum atomic E-state index is -0.0766. The van der Waals surface area contributed by atoms with Gasteiger partial charge in [0.05, 0.1) is 5.69 Å². The molecule has 0 radical (unpaired) electrons. The Morgan fingerprint density at radius 3 is 2.57 bits per heavy atom. The van der Waals surface area contributed by atoms with Crippen molar-refractivity contribution >= 4 is 11.9 Å². The molecule has 4 heterocycles. The number of carbonyl (C=O) groups excluding carboxylic acids is 1. The number of carbonyl (C=O) groups is 1. The molecule has 2 aliphatic heterocycles. The summed E-state index contributed by atoms with van der Waals surface area (Å²) in [6, 6.07) is 4.13. The van der Waals surface area contributed by atoms with Crippen molar-refractivity contribution < 1.29 is 9.32 Å². The normalized spacial score (nSPS) is 23.4. The molecule has 2 fully saturated rings. The van der Waals surface area contributed by atoms with Gasteiger partial charge < -0.3 is 14.3 Å². The summed E-state index contributed by atoms with van der Waals surface area (Å²) in [5.41, 5.74) is 1.69. The molecule has 120 valence electrons. The van der Waals surface area contributed by atoms with Gasteiger partial charge in [-0.05, 0) is 32.8 Å². The molecule has 4 rings (SSSR count). The molecule has 23 heavy (non-hydrogen) atoms. The Labute approximate surface area is 134 Å². The van der Waals surface area contributed by atoms with Crippen LogP contribution in [-0.4, -0.2) is 51.1 Å². The van der Waals surface area contributed by atoms with Crippen LogP contribution in [0.4, 0.5) is 5.95 Å². The first-order chi connectivity index (χ1) is 11.1. The maximum absolute atomic E-state index is 12.6. The topological polar surface area (TPSA) is 75.4 Å². The van der Waals surface area contributed by atoms with Crippen molar-refractivity contribution in [1.82, 2.24) is 20.0 Å². The monoisotopic (exact) mass is 313 g/mol. The van der Waals surface area contributed by atoms with Crippen LogP contribution in [0.5, 0.6) is 0 Å². The fourth-order valence-electron chi connectivity index (χ4n) is 3.58. The van der Waals surface area contributed by atoms with Gasteiger partial charge in [0, 0.05) is 43.1 Å². The van der Waals surface area contributed by atoms with Gasteiger partial charge in [-0.1, -0.05) is 5.16 Å². The van der Waals surface area contributed by atoms with Crippen LogP contribution in [0.1, 0.15) is 34.8 Å². The third-order valence-electron chi connectivity index (χ3n) is 4.62. The molecule has 0 saturated carbocycles. The molecular formula is C16H19N5O2. The molecule has 0 N–H and O–H groups in total. The first-order valence-corrected chi connectivity index (χ1v) is 7.92. The standard InChI is InChI=1S/C16H19N5O2/c1-10-5-6-17-16(18-10)21-12-3-4-13(21)9-20(8-12)15(22)14-7-11(2)19-23-14/h5-7,12-13H,3-4,8-9H2,1-2H3. The summed E-state index contributed by atoms with van der Waals surface area (Å²) in [4.78, 5) is 25.7. The van der Waals surface area contributed by atoms with Gasteiger partial charge in [0.25, 0.3) is 5.91 Å². The van der Waals surface area contributed by atoms with Gasteiger partial charge in [-0.15, -0.1) is 0 Å². The second-order valence-electron chi connectivity index (χ2n) is 6.33. The van der Waals surface area contributed by atoms with E-state index in [-0.39, 0.29) is 18.0 Å². The van der Waals surface area contributed by atoms with Crippen molar-refractivity contribution in [2.45, 2.75) is 38.8 Å². The molecule has 1 amide bonds. The zero-order chi connectivity index (χ0) is 16.0. The van der Waals surface area contributed by atoms with Crippen molar-refractivity contribution in [3.8, 4) is 0 Å². The summed E-state index contributed by atoms with van der Waals surface area (Å²) in [6.45, 7) is 5.13. The van der Waals surface area contributed by atoms with E-state index in [0.29, 0.717) is 18.8 Å². The molecule has 2 saturated heterocycles. The van der Waals surface area contributed by atoms with Crippen LogP contribution in [0.2, 0.25) is 0 Å². The second-order valence-corrected chi connectivity index (χ2v) is 6.33. The van der Waals surface area contributed by atoms with E-state index in [4.69, 9.17) is 4.52 Å². The van der Waals surface area contributed by atoms with E-state index in [1.54, 1.807) is 12.3 Å². The summed E-state index contributed by atoms with van der Waals surface area (Å²) < 4.78 is 5.12. The van der Waals surface area contributed by atoms with Crippen LogP contribution in [0.15, 0.2) is 22.9 Å². The van der Waals surface area contributed by atoms with Gasteiger partial charge in [0.2, 0.25) is 11.7 Å². The highest BCUT2D eigenvalue weighted by molar-refractivity contribution is 5.91. The van der Waals surface area contributed by atoms with Crippen molar-refractivity contribution in [3.05, 3.63) is 35.5 Å². The lowest BCUT2D eigenvalue weighted by Gasteiger charge is -2.40. The molecule has 2 aliphatic rings. The SMILES string of the molecule is Cc1cc(C(=O)N2CC3CCC(C2)N3c2nccc(C)n2)on1. The van der Waals surface area contributed by atoms with Gasteiger partial charge in [0.15, 0.2) is 0 Å². The fourth-order valence-corrected chi connectivity index (χ4v) is 3.58. The molecule has 7 nitrogen and oxygen atoms in total. The van der Waals surface area contributed by atoms with Gasteiger partial charge in [-0.2, -0.15) is 0 Å². The van der Waals surface area contributed by atoms with Gasteiger partial charge >= 0.3 is 0 Å². The van der Waals surface area contributed by atoms with E-state index >= 15 is 0 Å². The highest BCUT2D eigenvalue weighted by Crippen LogP contribution is 2.33. The largest absolute Gasteiger partial charge is 0.351 e. The average molecular weight is 313 g/mol. The smallest absolute Gasteiger partial charge is 0.292 e. The number of fused-ring (bicyclic) bond motifs is 2. The summed E-state index contributed by atoms with van der Waals surface area (Å²) >= 11 is 0. The van der Waals surface area contributed by atoms with E-state index < -0.39 is 0 Å². The van der Waals surface area contributed by atoms with Crippen LogP contribution in [0, 0.1) is 13.8 Å². The summed E-state index contributed by atoms with van der Waals surface area (Å²) in [5, 5.41) is 3.81. The van der Waals surface area contributed by atoms with Crippen LogP contribution >= 0.6 is 0 Å². The average Bonchev–Trinajstić information content (AvgIpc) is 3.08. The van der Waals surface area contributed by atoms with Gasteiger partial charge in [-0.3, -0.25) is 4.79 Å². The maximum atomic E-state index is 12.6. The maximum Gasteiger partial charge on any atom is 0.292 e. The number of amides is 1. The molecular weight excluding hydrogens is 294 g/mol. The summed E-state index contributed by atoms with van der Waals surface area (Å²) in [6.07, 6.45) is 3.91. The molecule has 2 unspecified atom stereocenters. The Balaban J connectivity index is 1.55. The Morgan fingerprint density at radius 2 is 1.96 bits per heavy atom. The quantitative estimate of drug-likeness (QED) is 0.838. The lowest BCUT2D eigenvalue weighted by Crippen LogP contribution is -2.56. The molecule has 0 aliphatic carbocycles. The first-order valence-electron chi connectivity index (χ1n) is 7.92. The van der Waals surface area contributed by atoms with E-state index in [1.165, 1.54) is 0 Å². The highest BCUT2D eigenvalue weighted by Gasteiger charge is 2.43. The number of aryl methyl sites for hydroxylation is 2. The van der Waals surface area contributed by atoms with Crippen LogP contribution in [0.3, 0.4) is 0 Å². The third kappa shape index (κ3) is 2.46. The molecule has 0 aromatic carbocycles. The number of hydrogen-bond donors (Lipinski definition) is 0. The van der Waals surface area contributed by atoms with E-state index in [1.807, 2.05) is 24.8 Å². The van der Waals surface area contributed by atoms with Crippen LogP contribution in [-0.2, 0) is 0 Å². The first kappa shape index (κ1) is 14.2. The number of anilines is 1. The Kier molecular flexibility index (Phi) is 3.28. The molecule has 2 atom stereocenters. The Bertz CT molecular complexity index is 730. The minimum absolute atomic E-state index is 0.0766. The van der Waals surface area contributed by atoms with Gasteiger partial charge in [-0.25, -0.2) is 9.97 Å². The van der Waals surface area contributed by atoms with Gasteiger partial charge in [0.1, 0.15) is 0 Å². The lowest BCUT2D eigenvalue weighted by atomic mass is 10.2. The minimum Gasteiger partial charge on any atom is -0.351 e. The lowest BCUT2D eigenvalue weighted by molar-refractivity contribution is 0.0675. The van der Waals surface area contributed by atoms with E-state index in [9.17, 15) is 4.79 Å². The van der Waals surface area contributed by atoms with Crippen molar-refractivity contribution in [2.24, 2.45) is 0 Å². The third-order valence-corrected chi connectivity index (χ3v) is 4.62. The highest BCUT2D eigenvalue weighted by atomic mass is 16.5. The number of nitrogens with zero attached hydrogens (tertiary/aromatic N) is 5. The number of rotatable bonds is 2. The zero-order valence-corrected chi connectivity index (χ0v) is 13.3. The predicted octanol–water partition coefficient (Wildman–Crippen LogP) is 1.57.